The Morgan fingerprint density at radius 3 is 2.40 bits per heavy atom. The summed E-state index contributed by atoms with van der Waals surface area (Å²) in [5.74, 6) is 0.155. The van der Waals surface area contributed by atoms with E-state index >= 15 is 0 Å². The van der Waals surface area contributed by atoms with Crippen molar-refractivity contribution >= 4 is 10.4 Å². The summed E-state index contributed by atoms with van der Waals surface area (Å²) in [6.07, 6.45) is 0.829. The zero-order valence-corrected chi connectivity index (χ0v) is 6.89. The van der Waals surface area contributed by atoms with Gasteiger partial charge in [0.15, 0.2) is 0 Å². The van der Waals surface area contributed by atoms with E-state index in [4.69, 9.17) is 4.55 Å². The van der Waals surface area contributed by atoms with Gasteiger partial charge in [-0.05, 0) is 5.92 Å². The average molecular weight is 168 g/mol. The monoisotopic (exact) mass is 168 g/mol. The molecule has 0 saturated carbocycles. The van der Waals surface area contributed by atoms with Gasteiger partial charge in [-0.3, -0.25) is 4.55 Å². The van der Waals surface area contributed by atoms with Crippen molar-refractivity contribution in [2.75, 3.05) is 6.61 Å². The first-order valence-corrected chi connectivity index (χ1v) is 4.44. The molecule has 0 saturated heterocycles. The van der Waals surface area contributed by atoms with Crippen LogP contribution in [0.1, 0.15) is 20.3 Å². The van der Waals surface area contributed by atoms with E-state index < -0.39 is 10.4 Å². The van der Waals surface area contributed by atoms with Crippen molar-refractivity contribution in [2.24, 2.45) is 5.92 Å². The number of hydrogen-bond acceptors (Lipinski definition) is 3. The molecule has 0 aliphatic heterocycles. The zero-order chi connectivity index (χ0) is 8.20. The fourth-order valence-electron chi connectivity index (χ4n) is 0.320. The first kappa shape index (κ1) is 9.87. The van der Waals surface area contributed by atoms with Crippen LogP contribution in [0.2, 0.25) is 0 Å². The zero-order valence-electron chi connectivity index (χ0n) is 6.07. The van der Waals surface area contributed by atoms with Crippen molar-refractivity contribution in [1.82, 2.24) is 0 Å². The van der Waals surface area contributed by atoms with Gasteiger partial charge in [-0.1, -0.05) is 20.3 Å². The van der Waals surface area contributed by atoms with Crippen LogP contribution in [-0.4, -0.2) is 19.6 Å². The molecule has 0 aliphatic rings. The molecule has 10 heavy (non-hydrogen) atoms. The molecule has 1 atom stereocenters. The van der Waals surface area contributed by atoms with Crippen LogP contribution >= 0.6 is 0 Å². The molecular weight excluding hydrogens is 156 g/mol. The Labute approximate surface area is 61.2 Å². The molecule has 0 fully saturated rings. The van der Waals surface area contributed by atoms with E-state index in [0.717, 1.165) is 6.42 Å². The van der Waals surface area contributed by atoms with Gasteiger partial charge < -0.3 is 0 Å². The third-order valence-electron chi connectivity index (χ3n) is 1.20. The Kier molecular flexibility index (Phi) is 3.85. The largest absolute Gasteiger partial charge is 0.397 e. The predicted molar refractivity (Wildman–Crippen MR) is 37.0 cm³/mol. The minimum absolute atomic E-state index is 0.0509. The van der Waals surface area contributed by atoms with Crippen LogP contribution in [0.3, 0.4) is 0 Å². The van der Waals surface area contributed by atoms with Crippen molar-refractivity contribution in [3.63, 3.8) is 0 Å². The van der Waals surface area contributed by atoms with Gasteiger partial charge in [0.25, 0.3) is 0 Å². The van der Waals surface area contributed by atoms with Gasteiger partial charge in [0.1, 0.15) is 0 Å². The fourth-order valence-corrected chi connectivity index (χ4v) is 0.724. The molecule has 62 valence electrons. The molecule has 1 unspecified atom stereocenters. The standard InChI is InChI=1S/C5H12O4S/c1-3-5(2)4-9-10(6,7)8/h5H,3-4H2,1-2H3,(H,6,7,8). The highest BCUT2D eigenvalue weighted by atomic mass is 32.3. The summed E-state index contributed by atoms with van der Waals surface area (Å²) in [6, 6.07) is 0. The van der Waals surface area contributed by atoms with Gasteiger partial charge in [-0.25, -0.2) is 4.18 Å². The van der Waals surface area contributed by atoms with Gasteiger partial charge in [-0.2, -0.15) is 8.42 Å². The first-order chi connectivity index (χ1) is 4.45. The summed E-state index contributed by atoms with van der Waals surface area (Å²) in [6.45, 7) is 3.80. The highest BCUT2D eigenvalue weighted by molar-refractivity contribution is 7.80. The Balaban J connectivity index is 3.56. The highest BCUT2D eigenvalue weighted by Crippen LogP contribution is 2.01. The summed E-state index contributed by atoms with van der Waals surface area (Å²) in [5, 5.41) is 0. The van der Waals surface area contributed by atoms with Crippen molar-refractivity contribution in [1.29, 1.82) is 0 Å². The predicted octanol–water partition coefficient (Wildman–Crippen LogP) is 0.852. The molecule has 0 radical (unpaired) electrons. The van der Waals surface area contributed by atoms with Gasteiger partial charge in [-0.15, -0.1) is 0 Å². The quantitative estimate of drug-likeness (QED) is 0.632. The van der Waals surface area contributed by atoms with E-state index in [1.54, 1.807) is 0 Å². The van der Waals surface area contributed by atoms with Crippen molar-refractivity contribution in [3.8, 4) is 0 Å². The molecule has 0 bridgehead atoms. The van der Waals surface area contributed by atoms with Crippen molar-refractivity contribution in [2.45, 2.75) is 20.3 Å². The second-order valence-electron chi connectivity index (χ2n) is 2.23. The maximum Gasteiger partial charge on any atom is 0.397 e. The van der Waals surface area contributed by atoms with E-state index in [9.17, 15) is 8.42 Å². The molecule has 0 amide bonds. The third-order valence-corrected chi connectivity index (χ3v) is 1.63. The molecule has 1 N–H and O–H groups in total. The van der Waals surface area contributed by atoms with Crippen LogP contribution in [0.15, 0.2) is 0 Å². The lowest BCUT2D eigenvalue weighted by atomic mass is 10.1. The van der Waals surface area contributed by atoms with Crippen LogP contribution in [0.25, 0.3) is 0 Å². The maximum absolute atomic E-state index is 9.98. The van der Waals surface area contributed by atoms with Gasteiger partial charge >= 0.3 is 10.4 Å². The topological polar surface area (TPSA) is 63.6 Å². The lowest BCUT2D eigenvalue weighted by Gasteiger charge is -2.05. The Hall–Kier alpha value is -0.130. The second-order valence-corrected chi connectivity index (χ2v) is 3.32. The van der Waals surface area contributed by atoms with Crippen LogP contribution in [0.5, 0.6) is 0 Å². The van der Waals surface area contributed by atoms with Gasteiger partial charge in [0, 0.05) is 0 Å². The van der Waals surface area contributed by atoms with E-state index in [-0.39, 0.29) is 12.5 Å². The molecule has 0 rings (SSSR count). The lowest BCUT2D eigenvalue weighted by molar-refractivity contribution is 0.228. The minimum atomic E-state index is -4.23. The highest BCUT2D eigenvalue weighted by Gasteiger charge is 2.06. The van der Waals surface area contributed by atoms with Gasteiger partial charge in [0.2, 0.25) is 0 Å². The molecule has 0 aromatic rings. The van der Waals surface area contributed by atoms with Crippen LogP contribution in [0, 0.1) is 5.92 Å². The summed E-state index contributed by atoms with van der Waals surface area (Å²) in [5.41, 5.74) is 0. The van der Waals surface area contributed by atoms with Crippen molar-refractivity contribution < 1.29 is 17.2 Å². The maximum atomic E-state index is 9.98. The number of hydrogen-bond donors (Lipinski definition) is 1. The molecule has 5 heteroatoms. The van der Waals surface area contributed by atoms with E-state index in [1.165, 1.54) is 0 Å². The Morgan fingerprint density at radius 2 is 2.10 bits per heavy atom. The molecule has 0 aromatic heterocycles. The second kappa shape index (κ2) is 3.90. The molecule has 0 spiro atoms. The Morgan fingerprint density at radius 1 is 1.60 bits per heavy atom. The average Bonchev–Trinajstić information content (AvgIpc) is 1.81. The van der Waals surface area contributed by atoms with E-state index in [1.807, 2.05) is 13.8 Å². The van der Waals surface area contributed by atoms with Gasteiger partial charge in [0.05, 0.1) is 6.61 Å². The summed E-state index contributed by atoms with van der Waals surface area (Å²) in [4.78, 5) is 0. The third kappa shape index (κ3) is 6.00. The summed E-state index contributed by atoms with van der Waals surface area (Å²) >= 11 is 0. The number of rotatable bonds is 4. The summed E-state index contributed by atoms with van der Waals surface area (Å²) < 4.78 is 32.2. The molecule has 0 aromatic carbocycles. The van der Waals surface area contributed by atoms with E-state index in [0.29, 0.717) is 0 Å². The first-order valence-electron chi connectivity index (χ1n) is 3.07. The Bertz CT molecular complexity index is 172. The lowest BCUT2D eigenvalue weighted by Crippen LogP contribution is -2.10. The molecule has 0 aliphatic carbocycles. The SMILES string of the molecule is CCC(C)COS(=O)(=O)O. The normalized spacial score (nSPS) is 15.1. The van der Waals surface area contributed by atoms with Crippen LogP contribution < -0.4 is 0 Å². The fraction of sp³-hybridized carbons (Fsp3) is 1.00. The summed E-state index contributed by atoms with van der Waals surface area (Å²) in [7, 11) is -4.23. The minimum Gasteiger partial charge on any atom is -0.264 e. The molecule has 4 nitrogen and oxygen atoms in total. The van der Waals surface area contributed by atoms with E-state index in [2.05, 4.69) is 4.18 Å². The smallest absolute Gasteiger partial charge is 0.264 e. The van der Waals surface area contributed by atoms with Crippen molar-refractivity contribution in [3.05, 3.63) is 0 Å². The molecule has 0 heterocycles. The van der Waals surface area contributed by atoms with Crippen LogP contribution in [-0.2, 0) is 14.6 Å². The molecular formula is C5H12O4S. The van der Waals surface area contributed by atoms with Crippen LogP contribution in [0.4, 0.5) is 0 Å².